The standard InChI is InChI=1S/C23H22N2O2S/c1-3-17-10-12-18(13-11-17)22(26)21(25-14-5-4-6-15-25)23(28)24-19-8-7-9-20(16-19)27-2/h4-16H,3H2,1-2H3,(H-,24,26,28). The molecule has 0 aliphatic heterocycles. The minimum Gasteiger partial charge on any atom is -0.867 e. The van der Waals surface area contributed by atoms with E-state index in [2.05, 4.69) is 12.2 Å². The summed E-state index contributed by atoms with van der Waals surface area (Å²) in [6.07, 6.45) is 4.55. The van der Waals surface area contributed by atoms with Crippen molar-refractivity contribution in [2.45, 2.75) is 13.3 Å². The number of ether oxygens (including phenoxy) is 1. The number of hydrogen-bond acceptors (Lipinski definition) is 3. The molecule has 3 rings (SSSR count). The third kappa shape index (κ3) is 4.56. The van der Waals surface area contributed by atoms with Crippen LogP contribution >= 0.6 is 12.2 Å². The highest BCUT2D eigenvalue weighted by atomic mass is 32.1. The van der Waals surface area contributed by atoms with Crippen LogP contribution in [0.4, 0.5) is 5.69 Å². The molecule has 1 heterocycles. The molecule has 5 heteroatoms. The van der Waals surface area contributed by atoms with E-state index < -0.39 is 0 Å². The molecule has 0 amide bonds. The van der Waals surface area contributed by atoms with Gasteiger partial charge in [-0.15, -0.1) is 0 Å². The van der Waals surface area contributed by atoms with Crippen LogP contribution in [0.5, 0.6) is 5.75 Å². The van der Waals surface area contributed by atoms with Crippen molar-refractivity contribution in [1.82, 2.24) is 0 Å². The van der Waals surface area contributed by atoms with Gasteiger partial charge in [0.05, 0.1) is 7.11 Å². The van der Waals surface area contributed by atoms with Crippen LogP contribution in [0.3, 0.4) is 0 Å². The van der Waals surface area contributed by atoms with Crippen LogP contribution in [0.15, 0.2) is 79.1 Å². The summed E-state index contributed by atoms with van der Waals surface area (Å²) in [4.78, 5) is 0.342. The van der Waals surface area contributed by atoms with E-state index in [1.807, 2.05) is 79.1 Å². The molecule has 0 atom stereocenters. The predicted molar refractivity (Wildman–Crippen MR) is 115 cm³/mol. The van der Waals surface area contributed by atoms with Gasteiger partial charge in [0.25, 0.3) is 0 Å². The first-order chi connectivity index (χ1) is 13.6. The third-order valence-electron chi connectivity index (χ3n) is 4.36. The molecule has 0 unspecified atom stereocenters. The first-order valence-electron chi connectivity index (χ1n) is 9.05. The molecule has 0 fully saturated rings. The van der Waals surface area contributed by atoms with E-state index in [0.717, 1.165) is 12.1 Å². The number of anilines is 1. The number of aryl methyl sites for hydroxylation is 1. The second kappa shape index (κ2) is 9.15. The second-order valence-corrected chi connectivity index (χ2v) is 6.61. The summed E-state index contributed by atoms with van der Waals surface area (Å²) in [5.74, 6) is 0.572. The Hall–Kier alpha value is -3.18. The summed E-state index contributed by atoms with van der Waals surface area (Å²) in [6, 6.07) is 20.7. The summed E-state index contributed by atoms with van der Waals surface area (Å²) in [6.45, 7) is 2.08. The van der Waals surface area contributed by atoms with E-state index in [4.69, 9.17) is 17.0 Å². The zero-order chi connectivity index (χ0) is 19.9. The van der Waals surface area contributed by atoms with Gasteiger partial charge in [0.1, 0.15) is 5.75 Å². The molecule has 3 aromatic rings. The van der Waals surface area contributed by atoms with Crippen molar-refractivity contribution in [1.29, 1.82) is 0 Å². The van der Waals surface area contributed by atoms with Gasteiger partial charge < -0.3 is 15.2 Å². The zero-order valence-electron chi connectivity index (χ0n) is 15.9. The number of rotatable bonds is 6. The first-order valence-corrected chi connectivity index (χ1v) is 9.46. The molecule has 142 valence electrons. The Morgan fingerprint density at radius 3 is 2.39 bits per heavy atom. The van der Waals surface area contributed by atoms with Crippen molar-refractivity contribution >= 4 is 34.3 Å². The van der Waals surface area contributed by atoms with Crippen LogP contribution in [0.2, 0.25) is 0 Å². The quantitative estimate of drug-likeness (QED) is 0.302. The fraction of sp³-hybridized carbons (Fsp3) is 0.130. The number of thiocarbonyl (C=S) groups is 1. The lowest BCUT2D eigenvalue weighted by Crippen LogP contribution is -2.39. The van der Waals surface area contributed by atoms with Gasteiger partial charge in [-0.3, -0.25) is 0 Å². The van der Waals surface area contributed by atoms with E-state index in [1.165, 1.54) is 5.56 Å². The van der Waals surface area contributed by atoms with Gasteiger partial charge >= 0.3 is 0 Å². The molecular formula is C23H22N2O2S. The molecule has 1 aromatic heterocycles. The van der Waals surface area contributed by atoms with Crippen LogP contribution in [-0.4, -0.2) is 12.1 Å². The number of nitrogens with zero attached hydrogens (tertiary/aromatic N) is 1. The number of methoxy groups -OCH3 is 1. The topological polar surface area (TPSA) is 48.2 Å². The van der Waals surface area contributed by atoms with Crippen LogP contribution in [0, 0.1) is 0 Å². The Labute approximate surface area is 170 Å². The summed E-state index contributed by atoms with van der Waals surface area (Å²) < 4.78 is 7.00. The highest BCUT2D eigenvalue weighted by Crippen LogP contribution is 2.20. The van der Waals surface area contributed by atoms with Crippen molar-refractivity contribution < 1.29 is 14.4 Å². The number of aromatic nitrogens is 1. The largest absolute Gasteiger partial charge is 0.867 e. The van der Waals surface area contributed by atoms with Gasteiger partial charge in [-0.05, 0) is 35.4 Å². The second-order valence-electron chi connectivity index (χ2n) is 6.20. The lowest BCUT2D eigenvalue weighted by atomic mass is 10.1. The number of hydrogen-bond donors (Lipinski definition) is 1. The molecule has 4 nitrogen and oxygen atoms in total. The van der Waals surface area contributed by atoms with Gasteiger partial charge in [0, 0.05) is 23.9 Å². The Bertz CT molecular complexity index is 983. The minimum atomic E-state index is -0.140. The lowest BCUT2D eigenvalue weighted by molar-refractivity contribution is -0.577. The maximum Gasteiger partial charge on any atom is 0.238 e. The van der Waals surface area contributed by atoms with Crippen LogP contribution in [0.25, 0.3) is 11.5 Å². The molecule has 0 bridgehead atoms. The van der Waals surface area contributed by atoms with Gasteiger partial charge in [-0.2, -0.15) is 4.57 Å². The fourth-order valence-corrected chi connectivity index (χ4v) is 3.12. The maximum atomic E-state index is 13.3. The van der Waals surface area contributed by atoms with Crippen molar-refractivity contribution in [3.05, 3.63) is 90.3 Å². The number of benzene rings is 2. The normalized spacial score (nSPS) is 11.5. The van der Waals surface area contributed by atoms with Crippen molar-refractivity contribution in [3.63, 3.8) is 0 Å². The molecule has 0 saturated carbocycles. The summed E-state index contributed by atoms with van der Waals surface area (Å²) in [7, 11) is 1.61. The summed E-state index contributed by atoms with van der Waals surface area (Å²) >= 11 is 5.61. The molecule has 0 radical (unpaired) electrons. The highest BCUT2D eigenvalue weighted by molar-refractivity contribution is 7.81. The van der Waals surface area contributed by atoms with Crippen LogP contribution in [-0.2, 0) is 6.42 Å². The molecule has 0 aliphatic carbocycles. The smallest absolute Gasteiger partial charge is 0.238 e. The molecule has 0 saturated heterocycles. The minimum absolute atomic E-state index is 0.140. The molecular weight excluding hydrogens is 368 g/mol. The van der Waals surface area contributed by atoms with Gasteiger partial charge in [-0.25, -0.2) is 0 Å². The van der Waals surface area contributed by atoms with Crippen LogP contribution < -0.4 is 19.7 Å². The highest BCUT2D eigenvalue weighted by Gasteiger charge is 2.18. The molecule has 2 aromatic carbocycles. The first kappa shape index (κ1) is 19.6. The Kier molecular flexibility index (Phi) is 6.40. The van der Waals surface area contributed by atoms with Gasteiger partial charge in [0.2, 0.25) is 5.70 Å². The van der Waals surface area contributed by atoms with E-state index >= 15 is 0 Å². The van der Waals surface area contributed by atoms with Crippen molar-refractivity contribution in [2.75, 3.05) is 12.4 Å². The Morgan fingerprint density at radius 1 is 1.04 bits per heavy atom. The average molecular weight is 391 g/mol. The summed E-state index contributed by atoms with van der Waals surface area (Å²) in [5, 5.41) is 16.5. The predicted octanol–water partition coefficient (Wildman–Crippen LogP) is 3.67. The lowest BCUT2D eigenvalue weighted by Gasteiger charge is -2.17. The molecule has 0 spiro atoms. The van der Waals surface area contributed by atoms with Crippen LogP contribution in [0.1, 0.15) is 18.1 Å². The fourth-order valence-electron chi connectivity index (χ4n) is 2.81. The zero-order valence-corrected chi connectivity index (χ0v) is 16.7. The third-order valence-corrected chi connectivity index (χ3v) is 4.65. The van der Waals surface area contributed by atoms with E-state index in [1.54, 1.807) is 11.7 Å². The Balaban J connectivity index is 2.02. The molecule has 1 N–H and O–H groups in total. The van der Waals surface area contributed by atoms with Gasteiger partial charge in [-0.1, -0.05) is 55.5 Å². The van der Waals surface area contributed by atoms with Gasteiger partial charge in [0.15, 0.2) is 17.4 Å². The molecule has 0 aliphatic rings. The Morgan fingerprint density at radius 2 is 1.75 bits per heavy atom. The maximum absolute atomic E-state index is 13.3. The van der Waals surface area contributed by atoms with E-state index in [9.17, 15) is 5.11 Å². The average Bonchev–Trinajstić information content (AvgIpc) is 2.74. The summed E-state index contributed by atoms with van der Waals surface area (Å²) in [5.41, 5.74) is 2.93. The monoisotopic (exact) mass is 390 g/mol. The van der Waals surface area contributed by atoms with Crippen molar-refractivity contribution in [3.8, 4) is 5.75 Å². The molecule has 28 heavy (non-hydrogen) atoms. The SMILES string of the molecule is CCc1ccc(C([O-])=C(C(=S)Nc2cccc(OC)c2)[n+]2ccccc2)cc1. The number of pyridine rings is 1. The van der Waals surface area contributed by atoms with E-state index in [-0.39, 0.29) is 5.76 Å². The van der Waals surface area contributed by atoms with E-state index in [0.29, 0.717) is 22.0 Å². The van der Waals surface area contributed by atoms with Crippen molar-refractivity contribution in [2.24, 2.45) is 0 Å². The number of nitrogens with one attached hydrogen (secondary N) is 1.